The first-order valence-corrected chi connectivity index (χ1v) is 20.6. The number of hydrogen-bond acceptors (Lipinski definition) is 9. The monoisotopic (exact) mass is 828 g/mol. The number of methoxy groups -OCH3 is 1. The van der Waals surface area contributed by atoms with E-state index in [1.54, 1.807) is 7.11 Å². The third kappa shape index (κ3) is 10.6. The molecule has 0 saturated carbocycles. The van der Waals surface area contributed by atoms with Gasteiger partial charge in [0.05, 0.1) is 5.56 Å². The van der Waals surface area contributed by atoms with Gasteiger partial charge in [-0.25, -0.2) is 0 Å². The van der Waals surface area contributed by atoms with E-state index in [0.29, 0.717) is 52.2 Å². The van der Waals surface area contributed by atoms with Crippen molar-refractivity contribution in [1.29, 1.82) is 0 Å². The van der Waals surface area contributed by atoms with Crippen molar-refractivity contribution in [2.24, 2.45) is 0 Å². The highest BCUT2D eigenvalue weighted by atomic mass is 16.6. The second-order valence-corrected chi connectivity index (χ2v) is 14.8. The number of fused-ring (bicyclic) bond motifs is 1. The Morgan fingerprint density at radius 1 is 0.500 bits per heavy atom. The van der Waals surface area contributed by atoms with Crippen molar-refractivity contribution in [3.63, 3.8) is 0 Å². The van der Waals surface area contributed by atoms with Crippen molar-refractivity contribution in [2.45, 2.75) is 58.3 Å². The Morgan fingerprint density at radius 3 is 1.32 bits per heavy atom. The zero-order valence-electron chi connectivity index (χ0n) is 34.7. The maximum atomic E-state index is 13.0. The van der Waals surface area contributed by atoms with Gasteiger partial charge in [-0.15, -0.1) is 0 Å². The van der Waals surface area contributed by atoms with Crippen LogP contribution in [0, 0.1) is 0 Å². The quantitative estimate of drug-likeness (QED) is 0.0784. The van der Waals surface area contributed by atoms with Crippen LogP contribution in [0.3, 0.4) is 0 Å². The molecule has 0 amide bonds. The number of carbonyl (C=O) groups is 1. The molecule has 0 radical (unpaired) electrons. The number of hydrogen-bond donors (Lipinski definition) is 0. The summed E-state index contributed by atoms with van der Waals surface area (Å²) in [7, 11) is 1.58. The van der Waals surface area contributed by atoms with Crippen LogP contribution in [-0.4, -0.2) is 19.2 Å². The minimum atomic E-state index is -0.972. The summed E-state index contributed by atoms with van der Waals surface area (Å²) in [6.45, 7) is 2.71. The molecular formula is C53H48O9. The lowest BCUT2D eigenvalue weighted by Gasteiger charge is -2.39. The molecule has 0 bridgehead atoms. The van der Waals surface area contributed by atoms with Crippen LogP contribution in [0.25, 0.3) is 0 Å². The van der Waals surface area contributed by atoms with Crippen LogP contribution in [0.2, 0.25) is 0 Å². The van der Waals surface area contributed by atoms with Gasteiger partial charge in [-0.1, -0.05) is 152 Å². The number of carbonyl (C=O) groups excluding carboxylic acids is 1. The van der Waals surface area contributed by atoms with E-state index in [9.17, 15) is 4.79 Å². The molecule has 62 heavy (non-hydrogen) atoms. The minimum absolute atomic E-state index is 0.247. The molecule has 1 heterocycles. The molecule has 1 aliphatic heterocycles. The maximum absolute atomic E-state index is 13.0. The van der Waals surface area contributed by atoms with Gasteiger partial charge in [-0.3, -0.25) is 4.79 Å². The third-order valence-electron chi connectivity index (χ3n) is 10.3. The van der Waals surface area contributed by atoms with E-state index in [4.69, 9.17) is 37.9 Å². The lowest BCUT2D eigenvalue weighted by Crippen LogP contribution is -2.39. The van der Waals surface area contributed by atoms with Gasteiger partial charge in [0.2, 0.25) is 5.75 Å². The van der Waals surface area contributed by atoms with Gasteiger partial charge in [0.1, 0.15) is 56.4 Å². The Kier molecular flexibility index (Phi) is 13.6. The van der Waals surface area contributed by atoms with Crippen LogP contribution >= 0.6 is 0 Å². The molecule has 9 heteroatoms. The first kappa shape index (κ1) is 41.5. The second kappa shape index (κ2) is 20.4. The fourth-order valence-corrected chi connectivity index (χ4v) is 7.30. The van der Waals surface area contributed by atoms with E-state index in [1.807, 2.05) is 176 Å². The molecule has 0 unspecified atom stereocenters. The lowest BCUT2D eigenvalue weighted by atomic mass is 9.90. The van der Waals surface area contributed by atoms with Crippen molar-refractivity contribution in [3.8, 4) is 34.5 Å². The maximum Gasteiger partial charge on any atom is 0.303 e. The van der Waals surface area contributed by atoms with Gasteiger partial charge in [0, 0.05) is 31.7 Å². The molecule has 7 aromatic rings. The smallest absolute Gasteiger partial charge is 0.303 e. The Balaban J connectivity index is 1.23. The first-order valence-electron chi connectivity index (χ1n) is 20.6. The average Bonchev–Trinajstić information content (AvgIpc) is 3.32. The van der Waals surface area contributed by atoms with Crippen molar-refractivity contribution in [3.05, 3.63) is 215 Å². The van der Waals surface area contributed by atoms with Crippen molar-refractivity contribution >= 4 is 5.97 Å². The van der Waals surface area contributed by atoms with E-state index in [-0.39, 0.29) is 26.4 Å². The summed E-state index contributed by atoms with van der Waals surface area (Å²) < 4.78 is 52.1. The zero-order chi connectivity index (χ0) is 42.5. The number of rotatable bonds is 18. The number of ether oxygens (including phenoxy) is 8. The van der Waals surface area contributed by atoms with Gasteiger partial charge in [-0.05, 0) is 39.9 Å². The minimum Gasteiger partial charge on any atom is -0.489 e. The van der Waals surface area contributed by atoms with Crippen molar-refractivity contribution in [2.75, 3.05) is 7.11 Å². The summed E-state index contributed by atoms with van der Waals surface area (Å²) in [5.74, 6) is 2.19. The molecule has 3 atom stereocenters. The second-order valence-electron chi connectivity index (χ2n) is 14.8. The predicted octanol–water partition coefficient (Wildman–Crippen LogP) is 11.3. The molecule has 9 nitrogen and oxygen atoms in total. The first-order chi connectivity index (χ1) is 30.5. The van der Waals surface area contributed by atoms with Crippen LogP contribution in [0.5, 0.6) is 34.5 Å². The SMILES string of the molecule is CO[C@H]1c2c(OCc3ccccc3)cc(OCc3ccccc3)cc2O[C@H](c2cc(OCc3ccccc3)c(OCc3ccccc3)c(OCc3ccccc3)c2)[C@@H]1OC(C)=O. The topological polar surface area (TPSA) is 90.9 Å². The molecule has 0 saturated heterocycles. The van der Waals surface area contributed by atoms with Gasteiger partial charge in [0.25, 0.3) is 0 Å². The summed E-state index contributed by atoms with van der Waals surface area (Å²) in [6.07, 6.45) is -2.71. The molecule has 7 aromatic carbocycles. The Bertz CT molecular complexity index is 2430. The normalized spacial score (nSPS) is 15.4. The highest BCUT2D eigenvalue weighted by Crippen LogP contribution is 2.52. The Hall–Kier alpha value is -7.23. The molecule has 0 aromatic heterocycles. The molecule has 1 aliphatic rings. The van der Waals surface area contributed by atoms with E-state index in [0.717, 1.165) is 27.8 Å². The standard InChI is InChI=1S/C53H48O9/c1-37(54)61-53-50(62-46-31-44(56-32-38-18-8-3-9-19-38)30-45(49(46)52(53)55-2)57-33-39-20-10-4-11-21-39)43-28-47(58-34-40-22-12-5-13-23-40)51(60-36-42-26-16-7-17-27-42)48(29-43)59-35-41-24-14-6-15-25-41/h3-31,50,52-53H,32-36H2,1-2H3/t50-,52+,53+/m1/s1. The molecule has 0 N–H and O–H groups in total. The zero-order valence-corrected chi connectivity index (χ0v) is 34.7. The van der Waals surface area contributed by atoms with E-state index >= 15 is 0 Å². The Labute approximate surface area is 362 Å². The van der Waals surface area contributed by atoms with Gasteiger partial charge in [-0.2, -0.15) is 0 Å². The lowest BCUT2D eigenvalue weighted by molar-refractivity contribution is -0.167. The van der Waals surface area contributed by atoms with E-state index < -0.39 is 24.3 Å². The predicted molar refractivity (Wildman–Crippen MR) is 235 cm³/mol. The summed E-state index contributed by atoms with van der Waals surface area (Å²) in [5, 5.41) is 0. The summed E-state index contributed by atoms with van der Waals surface area (Å²) >= 11 is 0. The fraction of sp³-hybridized carbons (Fsp3) is 0.189. The molecule has 314 valence electrons. The highest BCUT2D eigenvalue weighted by Gasteiger charge is 2.45. The van der Waals surface area contributed by atoms with Gasteiger partial charge >= 0.3 is 5.97 Å². The number of benzene rings is 7. The van der Waals surface area contributed by atoms with Crippen LogP contribution in [-0.2, 0) is 47.3 Å². The van der Waals surface area contributed by atoms with Gasteiger partial charge < -0.3 is 37.9 Å². The molecule has 0 aliphatic carbocycles. The molecule has 0 fully saturated rings. The van der Waals surface area contributed by atoms with E-state index in [1.165, 1.54) is 6.92 Å². The van der Waals surface area contributed by atoms with Crippen molar-refractivity contribution in [1.82, 2.24) is 0 Å². The molecular weight excluding hydrogens is 781 g/mol. The Morgan fingerprint density at radius 2 is 0.903 bits per heavy atom. The summed E-state index contributed by atoms with van der Waals surface area (Å²) in [5.41, 5.74) is 6.06. The highest BCUT2D eigenvalue weighted by molar-refractivity contribution is 5.67. The van der Waals surface area contributed by atoms with Crippen LogP contribution in [0.15, 0.2) is 176 Å². The van der Waals surface area contributed by atoms with Crippen LogP contribution in [0.1, 0.15) is 58.1 Å². The average molecular weight is 829 g/mol. The van der Waals surface area contributed by atoms with Gasteiger partial charge in [0.15, 0.2) is 23.7 Å². The third-order valence-corrected chi connectivity index (χ3v) is 10.3. The molecule has 8 rings (SSSR count). The summed E-state index contributed by atoms with van der Waals surface area (Å²) in [6, 6.07) is 56.8. The largest absolute Gasteiger partial charge is 0.489 e. The summed E-state index contributed by atoms with van der Waals surface area (Å²) in [4.78, 5) is 13.0. The fourth-order valence-electron chi connectivity index (χ4n) is 7.30. The number of esters is 1. The van der Waals surface area contributed by atoms with Crippen molar-refractivity contribution < 1.29 is 42.7 Å². The van der Waals surface area contributed by atoms with Crippen LogP contribution in [0.4, 0.5) is 0 Å². The molecule has 0 spiro atoms. The van der Waals surface area contributed by atoms with E-state index in [2.05, 4.69) is 0 Å². The van der Waals surface area contributed by atoms with Crippen LogP contribution < -0.4 is 28.4 Å².